The van der Waals surface area contributed by atoms with Crippen molar-refractivity contribution in [1.29, 1.82) is 0 Å². The summed E-state index contributed by atoms with van der Waals surface area (Å²) in [6.45, 7) is 2.38. The largest absolute Gasteiger partial charge is 0.386 e. The molecule has 0 bridgehead atoms. The third-order valence-electron chi connectivity index (χ3n) is 3.03. The number of aryl methyl sites for hydroxylation is 1. The van der Waals surface area contributed by atoms with Crippen LogP contribution in [0.15, 0.2) is 35.7 Å². The fraction of sp³-hybridized carbons (Fsp3) is 0.267. The third-order valence-corrected chi connectivity index (χ3v) is 4.15. The van der Waals surface area contributed by atoms with Gasteiger partial charge in [0.25, 0.3) is 0 Å². The number of thiophene rings is 1. The van der Waals surface area contributed by atoms with E-state index in [2.05, 4.69) is 10.6 Å². The minimum atomic E-state index is -0.707. The standard InChI is InChI=1S/C15H17FN2O2S/c1-10-6-7-21-14(10)13(19)9-18-15(20)17-8-11-2-4-12(16)5-3-11/h2-7,13,19H,8-9H2,1H3,(H2,17,18,20). The number of nitrogens with one attached hydrogen (secondary N) is 2. The number of hydrogen-bond acceptors (Lipinski definition) is 3. The number of urea groups is 1. The molecule has 0 aliphatic heterocycles. The first kappa shape index (κ1) is 15.5. The summed E-state index contributed by atoms with van der Waals surface area (Å²) in [7, 11) is 0. The molecule has 2 aromatic rings. The van der Waals surface area contributed by atoms with Gasteiger partial charge in [0, 0.05) is 11.4 Å². The molecule has 1 aromatic carbocycles. The van der Waals surface area contributed by atoms with Crippen LogP contribution < -0.4 is 10.6 Å². The van der Waals surface area contributed by atoms with Crippen molar-refractivity contribution in [2.75, 3.05) is 6.54 Å². The fourth-order valence-corrected chi connectivity index (χ4v) is 2.77. The van der Waals surface area contributed by atoms with Crippen molar-refractivity contribution in [3.8, 4) is 0 Å². The Morgan fingerprint density at radius 2 is 2.00 bits per heavy atom. The maximum Gasteiger partial charge on any atom is 0.315 e. The van der Waals surface area contributed by atoms with Crippen LogP contribution in [-0.4, -0.2) is 17.7 Å². The minimum absolute atomic E-state index is 0.149. The summed E-state index contributed by atoms with van der Waals surface area (Å²) in [6.07, 6.45) is -0.707. The highest BCUT2D eigenvalue weighted by molar-refractivity contribution is 7.10. The van der Waals surface area contributed by atoms with Gasteiger partial charge in [0.1, 0.15) is 11.9 Å². The zero-order valence-electron chi connectivity index (χ0n) is 11.6. The van der Waals surface area contributed by atoms with Gasteiger partial charge < -0.3 is 15.7 Å². The Labute approximate surface area is 126 Å². The van der Waals surface area contributed by atoms with Gasteiger partial charge in [-0.1, -0.05) is 12.1 Å². The fourth-order valence-electron chi connectivity index (χ4n) is 1.85. The number of rotatable bonds is 5. The van der Waals surface area contributed by atoms with Crippen LogP contribution in [0.3, 0.4) is 0 Å². The van der Waals surface area contributed by atoms with Gasteiger partial charge in [-0.05, 0) is 41.6 Å². The molecule has 2 amide bonds. The molecule has 2 rings (SSSR count). The van der Waals surface area contributed by atoms with E-state index in [1.807, 2.05) is 18.4 Å². The van der Waals surface area contributed by atoms with E-state index in [1.165, 1.54) is 23.5 Å². The maximum absolute atomic E-state index is 12.7. The van der Waals surface area contributed by atoms with Crippen LogP contribution in [0.1, 0.15) is 22.1 Å². The quantitative estimate of drug-likeness (QED) is 0.795. The Bertz CT molecular complexity index is 598. The van der Waals surface area contributed by atoms with Gasteiger partial charge >= 0.3 is 6.03 Å². The van der Waals surface area contributed by atoms with Crippen LogP contribution in [0.25, 0.3) is 0 Å². The minimum Gasteiger partial charge on any atom is -0.386 e. The van der Waals surface area contributed by atoms with Crippen LogP contribution >= 0.6 is 11.3 Å². The van der Waals surface area contributed by atoms with Gasteiger partial charge in [-0.25, -0.2) is 9.18 Å². The van der Waals surface area contributed by atoms with Crippen LogP contribution in [0.5, 0.6) is 0 Å². The van der Waals surface area contributed by atoms with Crippen molar-refractivity contribution in [2.45, 2.75) is 19.6 Å². The third kappa shape index (κ3) is 4.54. The highest BCUT2D eigenvalue weighted by Gasteiger charge is 2.12. The molecule has 0 saturated heterocycles. The first-order valence-corrected chi connectivity index (χ1v) is 7.42. The number of amides is 2. The van der Waals surface area contributed by atoms with Crippen molar-refractivity contribution in [3.63, 3.8) is 0 Å². The van der Waals surface area contributed by atoms with Gasteiger partial charge in [0.2, 0.25) is 0 Å². The van der Waals surface area contributed by atoms with Gasteiger partial charge in [-0.15, -0.1) is 11.3 Å². The van der Waals surface area contributed by atoms with E-state index < -0.39 is 6.10 Å². The lowest BCUT2D eigenvalue weighted by molar-refractivity contribution is 0.176. The summed E-state index contributed by atoms with van der Waals surface area (Å²) in [6, 6.07) is 7.47. The SMILES string of the molecule is Cc1ccsc1C(O)CNC(=O)NCc1ccc(F)cc1. The average Bonchev–Trinajstić information content (AvgIpc) is 2.90. The number of hydrogen-bond donors (Lipinski definition) is 3. The lowest BCUT2D eigenvalue weighted by Crippen LogP contribution is -2.37. The lowest BCUT2D eigenvalue weighted by Gasteiger charge is -2.12. The van der Waals surface area contributed by atoms with Crippen LogP contribution in [0, 0.1) is 12.7 Å². The Balaban J connectivity index is 1.75. The van der Waals surface area contributed by atoms with Crippen molar-refractivity contribution in [3.05, 3.63) is 57.5 Å². The molecule has 3 N–H and O–H groups in total. The first-order chi connectivity index (χ1) is 10.1. The zero-order valence-corrected chi connectivity index (χ0v) is 12.4. The molecule has 0 saturated carbocycles. The van der Waals surface area contributed by atoms with Gasteiger partial charge in [-0.3, -0.25) is 0 Å². The normalized spacial score (nSPS) is 12.0. The molecule has 4 nitrogen and oxygen atoms in total. The van der Waals surface area contributed by atoms with E-state index in [4.69, 9.17) is 0 Å². The molecule has 1 aromatic heterocycles. The van der Waals surface area contributed by atoms with Crippen molar-refractivity contribution >= 4 is 17.4 Å². The Morgan fingerprint density at radius 3 is 2.62 bits per heavy atom. The van der Waals surface area contributed by atoms with Crippen LogP contribution in [0.4, 0.5) is 9.18 Å². The van der Waals surface area contributed by atoms with Gasteiger partial charge in [-0.2, -0.15) is 0 Å². The molecule has 0 aliphatic rings. The summed E-state index contributed by atoms with van der Waals surface area (Å²) in [5.74, 6) is -0.308. The van der Waals surface area contributed by atoms with Crippen LogP contribution in [0.2, 0.25) is 0 Å². The van der Waals surface area contributed by atoms with E-state index in [9.17, 15) is 14.3 Å². The number of benzene rings is 1. The second kappa shape index (κ2) is 7.19. The Kier molecular flexibility index (Phi) is 5.30. The molecule has 0 fully saturated rings. The molecular formula is C15H17FN2O2S. The molecule has 112 valence electrons. The monoisotopic (exact) mass is 308 g/mol. The number of aliphatic hydroxyl groups excluding tert-OH is 1. The molecule has 1 heterocycles. The highest BCUT2D eigenvalue weighted by Crippen LogP contribution is 2.22. The molecule has 0 radical (unpaired) electrons. The second-order valence-corrected chi connectivity index (χ2v) is 5.62. The summed E-state index contributed by atoms with van der Waals surface area (Å²) in [4.78, 5) is 12.5. The molecule has 1 unspecified atom stereocenters. The topological polar surface area (TPSA) is 61.4 Å². The summed E-state index contributed by atoms with van der Waals surface area (Å²) < 4.78 is 12.7. The molecule has 21 heavy (non-hydrogen) atoms. The number of carbonyl (C=O) groups excluding carboxylic acids is 1. The van der Waals surface area contributed by atoms with Crippen LogP contribution in [-0.2, 0) is 6.54 Å². The Hall–Kier alpha value is -1.92. The zero-order chi connectivity index (χ0) is 15.2. The van der Waals surface area contributed by atoms with Crippen molar-refractivity contribution in [2.24, 2.45) is 0 Å². The van der Waals surface area contributed by atoms with E-state index in [0.717, 1.165) is 16.0 Å². The molecule has 0 aliphatic carbocycles. The summed E-state index contributed by atoms with van der Waals surface area (Å²) >= 11 is 1.46. The van der Waals surface area contributed by atoms with Gasteiger partial charge in [0.15, 0.2) is 0 Å². The highest BCUT2D eigenvalue weighted by atomic mass is 32.1. The average molecular weight is 308 g/mol. The predicted octanol–water partition coefficient (Wildman–Crippen LogP) is 2.73. The number of aliphatic hydroxyl groups is 1. The molecular weight excluding hydrogens is 291 g/mol. The Morgan fingerprint density at radius 1 is 1.29 bits per heavy atom. The molecule has 0 spiro atoms. The summed E-state index contributed by atoms with van der Waals surface area (Å²) in [5, 5.41) is 17.2. The first-order valence-electron chi connectivity index (χ1n) is 6.54. The number of halogens is 1. The van der Waals surface area contributed by atoms with E-state index in [-0.39, 0.29) is 18.4 Å². The molecule has 1 atom stereocenters. The van der Waals surface area contributed by atoms with Crippen molar-refractivity contribution in [1.82, 2.24) is 10.6 Å². The summed E-state index contributed by atoms with van der Waals surface area (Å²) in [5.41, 5.74) is 1.82. The maximum atomic E-state index is 12.7. The van der Waals surface area contributed by atoms with E-state index in [1.54, 1.807) is 12.1 Å². The lowest BCUT2D eigenvalue weighted by atomic mass is 10.2. The van der Waals surface area contributed by atoms with Crippen molar-refractivity contribution < 1.29 is 14.3 Å². The predicted molar refractivity (Wildman–Crippen MR) is 80.7 cm³/mol. The van der Waals surface area contributed by atoms with Gasteiger partial charge in [0.05, 0.1) is 6.54 Å². The number of carbonyl (C=O) groups is 1. The second-order valence-electron chi connectivity index (χ2n) is 4.67. The smallest absolute Gasteiger partial charge is 0.315 e. The van der Waals surface area contributed by atoms with E-state index in [0.29, 0.717) is 6.54 Å². The molecule has 6 heteroatoms. The van der Waals surface area contributed by atoms with E-state index >= 15 is 0 Å².